The Balaban J connectivity index is 1.61. The average Bonchev–Trinajstić information content (AvgIpc) is 2.73. The maximum atomic E-state index is 12.6. The van der Waals surface area contributed by atoms with E-state index in [2.05, 4.69) is 15.1 Å². The summed E-state index contributed by atoms with van der Waals surface area (Å²) in [7, 11) is 1.65. The molecule has 9 nitrogen and oxygen atoms in total. The van der Waals surface area contributed by atoms with E-state index in [0.29, 0.717) is 58.8 Å². The van der Waals surface area contributed by atoms with Crippen LogP contribution in [0.2, 0.25) is 0 Å². The summed E-state index contributed by atoms with van der Waals surface area (Å²) in [4.78, 5) is 42.5. The molecule has 0 aliphatic carbocycles. The standard InChI is InChI=1S/C20H36N4O5/c1-3-29-20(27)17-5-8-24(9-6-17)19(26)16-23-12-10-22(11-13-23)15-18(25)21-7-4-14-28-2/h17H,3-16H2,1-2H3,(H,21,25). The fraction of sp³-hybridized carbons (Fsp3) is 0.850. The smallest absolute Gasteiger partial charge is 0.309 e. The molecule has 0 saturated carbocycles. The van der Waals surface area contributed by atoms with Crippen molar-refractivity contribution in [3.63, 3.8) is 0 Å². The van der Waals surface area contributed by atoms with Gasteiger partial charge in [-0.25, -0.2) is 0 Å². The van der Waals surface area contributed by atoms with Gasteiger partial charge in [-0.3, -0.25) is 24.2 Å². The molecular weight excluding hydrogens is 376 g/mol. The van der Waals surface area contributed by atoms with Crippen molar-refractivity contribution in [2.45, 2.75) is 26.2 Å². The second kappa shape index (κ2) is 12.8. The largest absolute Gasteiger partial charge is 0.466 e. The van der Waals surface area contributed by atoms with E-state index in [1.165, 1.54) is 0 Å². The van der Waals surface area contributed by atoms with Gasteiger partial charge in [0, 0.05) is 59.5 Å². The van der Waals surface area contributed by atoms with Crippen LogP contribution < -0.4 is 5.32 Å². The first-order valence-electron chi connectivity index (χ1n) is 10.7. The lowest BCUT2D eigenvalue weighted by molar-refractivity contribution is -0.151. The van der Waals surface area contributed by atoms with Crippen molar-refractivity contribution < 1.29 is 23.9 Å². The van der Waals surface area contributed by atoms with Crippen LogP contribution in [0.5, 0.6) is 0 Å². The van der Waals surface area contributed by atoms with Crippen molar-refractivity contribution in [1.29, 1.82) is 0 Å². The highest BCUT2D eigenvalue weighted by molar-refractivity contribution is 5.79. The lowest BCUT2D eigenvalue weighted by atomic mass is 9.97. The van der Waals surface area contributed by atoms with E-state index in [0.717, 1.165) is 32.6 Å². The molecule has 166 valence electrons. The molecule has 2 fully saturated rings. The maximum absolute atomic E-state index is 12.6. The highest BCUT2D eigenvalue weighted by Crippen LogP contribution is 2.19. The number of methoxy groups -OCH3 is 1. The van der Waals surface area contributed by atoms with Crippen molar-refractivity contribution in [2.24, 2.45) is 5.92 Å². The summed E-state index contributed by atoms with van der Waals surface area (Å²) < 4.78 is 10.0. The van der Waals surface area contributed by atoms with Crippen LogP contribution in [0.25, 0.3) is 0 Å². The van der Waals surface area contributed by atoms with E-state index in [-0.39, 0.29) is 23.7 Å². The zero-order chi connectivity index (χ0) is 21.1. The summed E-state index contributed by atoms with van der Waals surface area (Å²) in [5, 5.41) is 2.90. The van der Waals surface area contributed by atoms with E-state index in [4.69, 9.17) is 9.47 Å². The van der Waals surface area contributed by atoms with Gasteiger partial charge in [0.25, 0.3) is 0 Å². The number of rotatable bonds is 10. The summed E-state index contributed by atoms with van der Waals surface area (Å²) in [5.41, 5.74) is 0. The van der Waals surface area contributed by atoms with E-state index in [1.807, 2.05) is 11.8 Å². The molecule has 2 aliphatic rings. The lowest BCUT2D eigenvalue weighted by Gasteiger charge is -2.36. The van der Waals surface area contributed by atoms with Crippen LogP contribution >= 0.6 is 0 Å². The van der Waals surface area contributed by atoms with Crippen LogP contribution in [0.1, 0.15) is 26.2 Å². The fourth-order valence-electron chi connectivity index (χ4n) is 3.72. The molecule has 2 heterocycles. The minimum Gasteiger partial charge on any atom is -0.466 e. The molecule has 0 aromatic carbocycles. The topological polar surface area (TPSA) is 91.4 Å². The summed E-state index contributed by atoms with van der Waals surface area (Å²) >= 11 is 0. The van der Waals surface area contributed by atoms with Crippen molar-refractivity contribution in [2.75, 3.05) is 79.2 Å². The van der Waals surface area contributed by atoms with Gasteiger partial charge in [0.15, 0.2) is 0 Å². The molecule has 2 rings (SSSR count). The zero-order valence-corrected chi connectivity index (χ0v) is 17.9. The Labute approximate surface area is 173 Å². The van der Waals surface area contributed by atoms with Crippen LogP contribution in [0.4, 0.5) is 0 Å². The van der Waals surface area contributed by atoms with Gasteiger partial charge in [-0.15, -0.1) is 0 Å². The van der Waals surface area contributed by atoms with E-state index >= 15 is 0 Å². The van der Waals surface area contributed by atoms with Crippen LogP contribution in [0.3, 0.4) is 0 Å². The fourth-order valence-corrected chi connectivity index (χ4v) is 3.72. The number of ether oxygens (including phenoxy) is 2. The Morgan fingerprint density at radius 3 is 2.17 bits per heavy atom. The highest BCUT2D eigenvalue weighted by atomic mass is 16.5. The number of amides is 2. The quantitative estimate of drug-likeness (QED) is 0.384. The Morgan fingerprint density at radius 2 is 1.59 bits per heavy atom. The molecule has 0 unspecified atom stereocenters. The molecule has 0 aromatic heterocycles. The van der Waals surface area contributed by atoms with E-state index in [1.54, 1.807) is 7.11 Å². The van der Waals surface area contributed by atoms with E-state index in [9.17, 15) is 14.4 Å². The predicted molar refractivity (Wildman–Crippen MR) is 108 cm³/mol. The number of likely N-dealkylation sites (tertiary alicyclic amines) is 1. The third-order valence-corrected chi connectivity index (χ3v) is 5.51. The van der Waals surface area contributed by atoms with Gasteiger partial charge in [0.05, 0.1) is 25.6 Å². The number of piperidine rings is 1. The molecule has 29 heavy (non-hydrogen) atoms. The first kappa shape index (κ1) is 23.6. The summed E-state index contributed by atoms with van der Waals surface area (Å²) in [6.45, 7) is 8.65. The van der Waals surface area contributed by atoms with Crippen molar-refractivity contribution >= 4 is 17.8 Å². The highest BCUT2D eigenvalue weighted by Gasteiger charge is 2.29. The minimum atomic E-state index is -0.140. The van der Waals surface area contributed by atoms with Crippen LogP contribution in [-0.4, -0.2) is 112 Å². The molecule has 1 N–H and O–H groups in total. The molecule has 2 amide bonds. The first-order valence-corrected chi connectivity index (χ1v) is 10.7. The van der Waals surface area contributed by atoms with Gasteiger partial charge in [0.1, 0.15) is 0 Å². The third kappa shape index (κ3) is 8.28. The number of carbonyl (C=O) groups excluding carboxylic acids is 3. The Morgan fingerprint density at radius 1 is 0.966 bits per heavy atom. The van der Waals surface area contributed by atoms with Gasteiger partial charge in [-0.2, -0.15) is 0 Å². The molecule has 0 spiro atoms. The zero-order valence-electron chi connectivity index (χ0n) is 17.9. The Kier molecular flexibility index (Phi) is 10.4. The Bertz CT molecular complexity index is 529. The van der Waals surface area contributed by atoms with Gasteiger partial charge in [-0.1, -0.05) is 0 Å². The van der Waals surface area contributed by atoms with Crippen LogP contribution in [-0.2, 0) is 23.9 Å². The first-order chi connectivity index (χ1) is 14.0. The number of piperazine rings is 1. The average molecular weight is 413 g/mol. The minimum absolute atomic E-state index is 0.0371. The third-order valence-electron chi connectivity index (χ3n) is 5.51. The number of hydrogen-bond donors (Lipinski definition) is 1. The summed E-state index contributed by atoms with van der Waals surface area (Å²) in [5.74, 6) is -0.0617. The molecule has 2 saturated heterocycles. The molecule has 0 aromatic rings. The van der Waals surface area contributed by atoms with Crippen LogP contribution in [0, 0.1) is 5.92 Å². The van der Waals surface area contributed by atoms with Crippen molar-refractivity contribution in [1.82, 2.24) is 20.0 Å². The van der Waals surface area contributed by atoms with Gasteiger partial charge in [-0.05, 0) is 26.2 Å². The Hall–Kier alpha value is -1.71. The summed E-state index contributed by atoms with van der Waals surface area (Å²) in [6.07, 6.45) is 2.17. The predicted octanol–water partition coefficient (Wildman–Crippen LogP) is -0.442. The van der Waals surface area contributed by atoms with Gasteiger partial charge >= 0.3 is 5.97 Å². The van der Waals surface area contributed by atoms with Gasteiger partial charge in [0.2, 0.25) is 11.8 Å². The number of hydrogen-bond acceptors (Lipinski definition) is 7. The molecule has 0 atom stereocenters. The number of nitrogens with zero attached hydrogens (tertiary/aromatic N) is 3. The molecule has 0 radical (unpaired) electrons. The lowest BCUT2D eigenvalue weighted by Crippen LogP contribution is -2.52. The van der Waals surface area contributed by atoms with Crippen LogP contribution in [0.15, 0.2) is 0 Å². The second-order valence-electron chi connectivity index (χ2n) is 7.66. The van der Waals surface area contributed by atoms with Crippen molar-refractivity contribution in [3.05, 3.63) is 0 Å². The molecular formula is C20H36N4O5. The number of nitrogens with one attached hydrogen (secondary N) is 1. The van der Waals surface area contributed by atoms with Gasteiger partial charge < -0.3 is 19.7 Å². The molecule has 2 aliphatic heterocycles. The molecule has 9 heteroatoms. The SMILES string of the molecule is CCOC(=O)C1CCN(C(=O)CN2CCN(CC(=O)NCCCOC)CC2)CC1. The maximum Gasteiger partial charge on any atom is 0.309 e. The normalized spacial score (nSPS) is 19.2. The second-order valence-corrected chi connectivity index (χ2v) is 7.66. The summed E-state index contributed by atoms with van der Waals surface area (Å²) in [6, 6.07) is 0. The van der Waals surface area contributed by atoms with Crippen molar-refractivity contribution in [3.8, 4) is 0 Å². The monoisotopic (exact) mass is 412 g/mol. The molecule has 0 bridgehead atoms. The van der Waals surface area contributed by atoms with E-state index < -0.39 is 0 Å². The number of carbonyl (C=O) groups is 3. The number of esters is 1.